The molecule has 1 aromatic rings. The van der Waals surface area contributed by atoms with E-state index in [0.29, 0.717) is 0 Å². The summed E-state index contributed by atoms with van der Waals surface area (Å²) in [5.41, 5.74) is 2.99. The van der Waals surface area contributed by atoms with Crippen molar-refractivity contribution < 1.29 is 14.7 Å². The third kappa shape index (κ3) is 5.72. The molecular formula is C8H12Cl3PTi. The van der Waals surface area contributed by atoms with Crippen molar-refractivity contribution >= 4 is 36.1 Å². The third-order valence-corrected chi connectivity index (χ3v) is 3.32. The van der Waals surface area contributed by atoms with Crippen molar-refractivity contribution in [3.05, 3.63) is 21.7 Å². The van der Waals surface area contributed by atoms with E-state index in [0.717, 1.165) is 0 Å². The predicted molar refractivity (Wildman–Crippen MR) is 61.1 cm³/mol. The van der Waals surface area contributed by atoms with E-state index in [4.69, 9.17) is 27.9 Å². The van der Waals surface area contributed by atoms with E-state index in [-0.39, 0.29) is 0 Å². The van der Waals surface area contributed by atoms with E-state index in [9.17, 15) is 0 Å². The number of rotatable bonds is 0. The van der Waals surface area contributed by atoms with Gasteiger partial charge < -0.3 is 0 Å². The Hall–Kier alpha value is 1.36. The van der Waals surface area contributed by atoms with Gasteiger partial charge in [0.15, 0.2) is 0 Å². The van der Waals surface area contributed by atoms with E-state index in [1.54, 1.807) is 0 Å². The molecule has 13 heavy (non-hydrogen) atoms. The Bertz CT molecular complexity index is 245. The maximum atomic E-state index is 4.97. The van der Waals surface area contributed by atoms with Gasteiger partial charge in [0.05, 0.1) is 0 Å². The molecule has 0 aliphatic heterocycles. The zero-order valence-corrected chi connectivity index (χ0v) is 12.8. The van der Waals surface area contributed by atoms with Crippen LogP contribution in [0.25, 0.3) is 0 Å². The van der Waals surface area contributed by atoms with Crippen molar-refractivity contribution in [2.24, 2.45) is 0 Å². The van der Waals surface area contributed by atoms with Crippen LogP contribution < -0.4 is 0 Å². The Kier molecular flexibility index (Phi) is 7.49. The first-order valence-corrected chi connectivity index (χ1v) is 11.1. The van der Waals surface area contributed by atoms with E-state index in [1.807, 2.05) is 0 Å². The second kappa shape index (κ2) is 6.78. The summed E-state index contributed by atoms with van der Waals surface area (Å²) >= 11 is -1.92. The van der Waals surface area contributed by atoms with E-state index in [2.05, 4.69) is 27.7 Å². The van der Waals surface area contributed by atoms with Crippen LogP contribution in [0.15, 0.2) is 0 Å². The molecule has 0 spiro atoms. The van der Waals surface area contributed by atoms with Crippen molar-refractivity contribution in [2.75, 3.05) is 0 Å². The van der Waals surface area contributed by atoms with Crippen LogP contribution in [0.2, 0.25) is 0 Å². The van der Waals surface area contributed by atoms with Gasteiger partial charge in [-0.3, -0.25) is 0 Å². The molecule has 0 fully saturated rings. The topological polar surface area (TPSA) is 0 Å². The first kappa shape index (κ1) is 14.4. The van der Waals surface area contributed by atoms with Crippen LogP contribution in [0.3, 0.4) is 0 Å². The fraction of sp³-hybridized carbons (Fsp3) is 0.500. The number of hydrogen-bond donors (Lipinski definition) is 0. The van der Waals surface area contributed by atoms with Gasteiger partial charge in [-0.2, -0.15) is 16.4 Å². The molecule has 0 amide bonds. The molecule has 74 valence electrons. The summed E-state index contributed by atoms with van der Waals surface area (Å²) in [6, 6.07) is 0. The average molecular weight is 293 g/mol. The van der Waals surface area contributed by atoms with Gasteiger partial charge in [-0.05, 0) is 0 Å². The first-order valence-electron chi connectivity index (χ1n) is 3.76. The summed E-state index contributed by atoms with van der Waals surface area (Å²) in [6.45, 7) is 8.82. The van der Waals surface area contributed by atoms with Gasteiger partial charge in [0.25, 0.3) is 0 Å². The Morgan fingerprint density at radius 2 is 1.54 bits per heavy atom. The zero-order chi connectivity index (χ0) is 10.6. The Labute approximate surface area is 99.5 Å². The molecule has 1 rings (SSSR count). The molecule has 1 aromatic heterocycles. The van der Waals surface area contributed by atoms with Crippen LogP contribution in [-0.2, 0) is 14.7 Å². The van der Waals surface area contributed by atoms with Crippen molar-refractivity contribution in [3.8, 4) is 0 Å². The van der Waals surface area contributed by atoms with Crippen LogP contribution >= 0.6 is 36.1 Å². The van der Waals surface area contributed by atoms with Crippen molar-refractivity contribution in [3.63, 3.8) is 0 Å². The van der Waals surface area contributed by atoms with Crippen LogP contribution in [-0.4, -0.2) is 0 Å². The summed E-state index contributed by atoms with van der Waals surface area (Å²) in [5.74, 6) is 0. The number of aryl methyl sites for hydroxylation is 2. The minimum atomic E-state index is -1.92. The quantitative estimate of drug-likeness (QED) is 0.450. The standard InChI is InChI=1S/C8H12P.3ClH.Ti/c1-5-6(2)8(4)9-7(5)3;;;;/h1-4H3;3*1H;/q-1;;;;+4/p-3. The molecule has 0 aliphatic rings. The van der Waals surface area contributed by atoms with Crippen LogP contribution in [0.5, 0.6) is 0 Å². The second-order valence-corrected chi connectivity index (χ2v) is 12.0. The fourth-order valence-electron chi connectivity index (χ4n) is 0.962. The Balaban J connectivity index is 0.000000310. The monoisotopic (exact) mass is 292 g/mol. The first-order chi connectivity index (χ1) is 5.86. The fourth-order valence-corrected chi connectivity index (χ4v) is 2.14. The van der Waals surface area contributed by atoms with Gasteiger partial charge >= 0.3 is 42.6 Å². The molecule has 0 nitrogen and oxygen atoms in total. The summed E-state index contributed by atoms with van der Waals surface area (Å²) in [4.78, 5) is 0. The van der Waals surface area contributed by atoms with Crippen molar-refractivity contribution in [2.45, 2.75) is 27.7 Å². The average Bonchev–Trinajstić information content (AvgIpc) is 2.17. The van der Waals surface area contributed by atoms with Crippen LogP contribution in [0, 0.1) is 27.7 Å². The normalized spacial score (nSPS) is 9.77. The summed E-state index contributed by atoms with van der Waals surface area (Å²) < 4.78 is 0. The van der Waals surface area contributed by atoms with E-state index in [1.165, 1.54) is 29.9 Å². The minimum absolute atomic E-state index is 1.44. The van der Waals surface area contributed by atoms with Gasteiger partial charge in [0.2, 0.25) is 0 Å². The molecule has 0 aromatic carbocycles. The molecular weight excluding hydrogens is 281 g/mol. The second-order valence-electron chi connectivity index (χ2n) is 2.75. The van der Waals surface area contributed by atoms with Gasteiger partial charge in [-0.25, -0.2) is 8.19 Å². The van der Waals surface area contributed by atoms with E-state index >= 15 is 0 Å². The summed E-state index contributed by atoms with van der Waals surface area (Å²) in [7, 11) is 16.4. The van der Waals surface area contributed by atoms with Gasteiger partial charge in [-0.15, -0.1) is 5.30 Å². The number of hydrogen-bond acceptors (Lipinski definition) is 0. The SMILES string of the molecule is Cc1p[c-](C)c(C)c1C.[Cl][Ti+]([Cl])[Cl]. The Morgan fingerprint density at radius 3 is 1.62 bits per heavy atom. The molecule has 0 unspecified atom stereocenters. The van der Waals surface area contributed by atoms with Crippen molar-refractivity contribution in [1.29, 1.82) is 0 Å². The van der Waals surface area contributed by atoms with Crippen LogP contribution in [0.4, 0.5) is 0 Å². The molecule has 0 saturated carbocycles. The molecule has 0 bridgehead atoms. The number of halogens is 3. The van der Waals surface area contributed by atoms with E-state index < -0.39 is 14.7 Å². The van der Waals surface area contributed by atoms with Gasteiger partial charge in [-0.1, -0.05) is 27.7 Å². The molecule has 0 saturated heterocycles. The Morgan fingerprint density at radius 1 is 1.15 bits per heavy atom. The maximum absolute atomic E-state index is 4.97. The molecule has 5 heteroatoms. The molecule has 0 atom stereocenters. The molecule has 0 aliphatic carbocycles. The van der Waals surface area contributed by atoms with Crippen LogP contribution in [0.1, 0.15) is 21.7 Å². The van der Waals surface area contributed by atoms with Gasteiger partial charge in [0.1, 0.15) is 0 Å². The molecule has 0 N–H and O–H groups in total. The zero-order valence-electron chi connectivity index (χ0n) is 8.08. The summed E-state index contributed by atoms with van der Waals surface area (Å²) in [5, 5.41) is 3.04. The predicted octanol–water partition coefficient (Wildman–Crippen LogP) is 5.29. The molecule has 1 heterocycles. The third-order valence-electron chi connectivity index (χ3n) is 1.98. The molecule has 0 radical (unpaired) electrons. The van der Waals surface area contributed by atoms with Gasteiger partial charge in [0, 0.05) is 0 Å². The van der Waals surface area contributed by atoms with Crippen molar-refractivity contribution in [1.82, 2.24) is 0 Å². The summed E-state index contributed by atoms with van der Waals surface area (Å²) in [6.07, 6.45) is 0.